The second-order valence-electron chi connectivity index (χ2n) is 11.0. The molecule has 3 saturated carbocycles. The lowest BCUT2D eigenvalue weighted by Crippen LogP contribution is -2.61. The van der Waals surface area contributed by atoms with Crippen LogP contribution in [0.5, 0.6) is 5.75 Å². The van der Waals surface area contributed by atoms with E-state index in [4.69, 9.17) is 4.74 Å². The summed E-state index contributed by atoms with van der Waals surface area (Å²) in [5, 5.41) is 23.7. The fourth-order valence-electron chi connectivity index (χ4n) is 7.97. The molecule has 33 heavy (non-hydrogen) atoms. The summed E-state index contributed by atoms with van der Waals surface area (Å²) in [5.41, 5.74) is -2.30. The SMILES string of the molecule is C=C(Oc1ccccc1)[C@@]1(O)[C@H](C)C[C@H]2[C@@H]3C[C@H](F)C4=CC(=O)C=C[C@]4(C)[C@H]3[C@@H](O)C[C@@]21C. The van der Waals surface area contributed by atoms with E-state index in [0.717, 1.165) is 0 Å². The molecule has 5 heteroatoms. The summed E-state index contributed by atoms with van der Waals surface area (Å²) in [4.78, 5) is 12.0. The molecular formula is C28H33FO4. The molecule has 0 spiro atoms. The van der Waals surface area contributed by atoms with E-state index in [-0.39, 0.29) is 41.6 Å². The summed E-state index contributed by atoms with van der Waals surface area (Å²) in [7, 11) is 0. The molecule has 4 aliphatic rings. The Balaban J connectivity index is 1.53. The molecule has 0 saturated heterocycles. The van der Waals surface area contributed by atoms with E-state index < -0.39 is 28.7 Å². The minimum absolute atomic E-state index is 0.00956. The highest BCUT2D eigenvalue weighted by atomic mass is 19.1. The third-order valence-corrected chi connectivity index (χ3v) is 9.47. The third kappa shape index (κ3) is 2.98. The first-order valence-electron chi connectivity index (χ1n) is 11.9. The van der Waals surface area contributed by atoms with Crippen molar-refractivity contribution in [3.8, 4) is 5.75 Å². The Morgan fingerprint density at radius 3 is 2.61 bits per heavy atom. The van der Waals surface area contributed by atoms with Gasteiger partial charge in [0.2, 0.25) is 0 Å². The molecule has 3 fully saturated rings. The zero-order chi connectivity index (χ0) is 23.8. The number of para-hydroxylation sites is 1. The van der Waals surface area contributed by atoms with Crippen LogP contribution in [0.25, 0.3) is 0 Å². The number of ether oxygens (including phenoxy) is 1. The van der Waals surface area contributed by atoms with E-state index in [1.807, 2.05) is 51.1 Å². The van der Waals surface area contributed by atoms with Gasteiger partial charge < -0.3 is 14.9 Å². The van der Waals surface area contributed by atoms with Gasteiger partial charge in [0.05, 0.1) is 6.10 Å². The second-order valence-corrected chi connectivity index (χ2v) is 11.0. The summed E-state index contributed by atoms with van der Waals surface area (Å²) in [6.45, 7) is 10.1. The van der Waals surface area contributed by atoms with Gasteiger partial charge in [-0.15, -0.1) is 0 Å². The number of aliphatic hydroxyl groups is 2. The van der Waals surface area contributed by atoms with Crippen LogP contribution in [-0.4, -0.2) is 33.9 Å². The average Bonchev–Trinajstić information content (AvgIpc) is 2.97. The van der Waals surface area contributed by atoms with Crippen LogP contribution >= 0.6 is 0 Å². The van der Waals surface area contributed by atoms with Crippen molar-refractivity contribution in [3.05, 3.63) is 66.5 Å². The summed E-state index contributed by atoms with van der Waals surface area (Å²) < 4.78 is 21.6. The summed E-state index contributed by atoms with van der Waals surface area (Å²) >= 11 is 0. The molecule has 5 rings (SSSR count). The summed E-state index contributed by atoms with van der Waals surface area (Å²) in [5.74, 6) is 0.165. The van der Waals surface area contributed by atoms with Gasteiger partial charge in [-0.1, -0.05) is 51.6 Å². The maximum absolute atomic E-state index is 15.5. The lowest BCUT2D eigenvalue weighted by Gasteiger charge is -2.60. The van der Waals surface area contributed by atoms with Gasteiger partial charge in [-0.05, 0) is 66.9 Å². The summed E-state index contributed by atoms with van der Waals surface area (Å²) in [6, 6.07) is 9.26. The standard InChI is InChI=1S/C28H33FO4/c1-16-12-21-20-14-23(29)22-13-18(30)10-11-26(22,3)25(20)24(31)15-27(21,4)28(16,32)17(2)33-19-8-6-5-7-9-19/h5-11,13,16,20-21,23-25,31-32H,2,12,14-15H2,1,3-4H3/t16-,20+,21+,23+,24+,25-,26+,27+,28+/m1/s1. The number of carbonyl (C=O) groups is 1. The van der Waals surface area contributed by atoms with Crippen molar-refractivity contribution >= 4 is 5.78 Å². The Hall–Kier alpha value is -2.24. The monoisotopic (exact) mass is 452 g/mol. The fourth-order valence-corrected chi connectivity index (χ4v) is 7.97. The first kappa shape index (κ1) is 22.5. The van der Waals surface area contributed by atoms with Crippen LogP contribution in [0.3, 0.4) is 0 Å². The van der Waals surface area contributed by atoms with Crippen LogP contribution in [0.2, 0.25) is 0 Å². The Labute approximate surface area is 194 Å². The van der Waals surface area contributed by atoms with Gasteiger partial charge in [0.15, 0.2) is 5.78 Å². The lowest BCUT2D eigenvalue weighted by molar-refractivity contribution is -0.169. The number of carbonyl (C=O) groups excluding carboxylic acids is 1. The summed E-state index contributed by atoms with van der Waals surface area (Å²) in [6.07, 6.45) is 4.03. The zero-order valence-corrected chi connectivity index (χ0v) is 19.5. The van der Waals surface area contributed by atoms with Crippen molar-refractivity contribution < 1.29 is 24.1 Å². The highest BCUT2D eigenvalue weighted by molar-refractivity contribution is 6.01. The van der Waals surface area contributed by atoms with E-state index in [9.17, 15) is 15.0 Å². The minimum Gasteiger partial charge on any atom is -0.459 e. The first-order valence-corrected chi connectivity index (χ1v) is 11.9. The number of ketones is 1. The van der Waals surface area contributed by atoms with Crippen molar-refractivity contribution in [1.29, 1.82) is 0 Å². The van der Waals surface area contributed by atoms with Gasteiger partial charge in [0, 0.05) is 16.7 Å². The van der Waals surface area contributed by atoms with Crippen LogP contribution in [0.15, 0.2) is 66.5 Å². The first-order chi connectivity index (χ1) is 15.5. The van der Waals surface area contributed by atoms with Crippen LogP contribution in [0.4, 0.5) is 4.39 Å². The van der Waals surface area contributed by atoms with Crippen molar-refractivity contribution in [2.75, 3.05) is 0 Å². The Kier molecular flexibility index (Phi) is 5.04. The van der Waals surface area contributed by atoms with Gasteiger partial charge in [0.25, 0.3) is 0 Å². The average molecular weight is 453 g/mol. The fraction of sp³-hybridized carbons (Fsp3) is 0.536. The largest absolute Gasteiger partial charge is 0.459 e. The number of aliphatic hydroxyl groups excluding tert-OH is 1. The normalized spacial score (nSPS) is 46.1. The predicted molar refractivity (Wildman–Crippen MR) is 124 cm³/mol. The topological polar surface area (TPSA) is 66.8 Å². The van der Waals surface area contributed by atoms with Gasteiger partial charge in [-0.25, -0.2) is 4.39 Å². The zero-order valence-electron chi connectivity index (χ0n) is 19.5. The van der Waals surface area contributed by atoms with Crippen LogP contribution < -0.4 is 4.74 Å². The Morgan fingerprint density at radius 1 is 1.21 bits per heavy atom. The molecule has 9 atom stereocenters. The smallest absolute Gasteiger partial charge is 0.178 e. The molecule has 0 radical (unpaired) electrons. The van der Waals surface area contributed by atoms with E-state index in [2.05, 4.69) is 6.58 Å². The number of fused-ring (bicyclic) bond motifs is 5. The quantitative estimate of drug-likeness (QED) is 0.648. The molecule has 4 nitrogen and oxygen atoms in total. The number of hydrogen-bond donors (Lipinski definition) is 2. The molecule has 0 aromatic heterocycles. The number of benzene rings is 1. The Morgan fingerprint density at radius 2 is 1.91 bits per heavy atom. The predicted octanol–water partition coefficient (Wildman–Crippen LogP) is 4.78. The van der Waals surface area contributed by atoms with Gasteiger partial charge in [0.1, 0.15) is 23.3 Å². The molecular weight excluding hydrogens is 419 g/mol. The Bertz CT molecular complexity index is 1050. The van der Waals surface area contributed by atoms with Gasteiger partial charge >= 0.3 is 0 Å². The molecule has 1 aromatic rings. The number of alkyl halides is 1. The van der Waals surface area contributed by atoms with Crippen molar-refractivity contribution in [3.63, 3.8) is 0 Å². The van der Waals surface area contributed by atoms with Gasteiger partial charge in [-0.2, -0.15) is 0 Å². The number of rotatable bonds is 3. The lowest BCUT2D eigenvalue weighted by atomic mass is 9.46. The molecule has 0 bridgehead atoms. The highest BCUT2D eigenvalue weighted by Gasteiger charge is 2.70. The maximum Gasteiger partial charge on any atom is 0.178 e. The molecule has 1 aromatic carbocycles. The third-order valence-electron chi connectivity index (χ3n) is 9.47. The van der Waals surface area contributed by atoms with E-state index in [0.29, 0.717) is 24.2 Å². The van der Waals surface area contributed by atoms with Crippen molar-refractivity contribution in [2.45, 2.75) is 57.9 Å². The number of halogens is 1. The van der Waals surface area contributed by atoms with Crippen LogP contribution in [0, 0.1) is 34.5 Å². The highest BCUT2D eigenvalue weighted by Crippen LogP contribution is 2.69. The number of allylic oxidation sites excluding steroid dienone is 4. The molecule has 2 N–H and O–H groups in total. The molecule has 4 aliphatic carbocycles. The molecule has 176 valence electrons. The van der Waals surface area contributed by atoms with Crippen LogP contribution in [0.1, 0.15) is 40.0 Å². The molecule has 0 unspecified atom stereocenters. The van der Waals surface area contributed by atoms with Crippen LogP contribution in [-0.2, 0) is 4.79 Å². The van der Waals surface area contributed by atoms with Crippen molar-refractivity contribution in [1.82, 2.24) is 0 Å². The van der Waals surface area contributed by atoms with Crippen molar-refractivity contribution in [2.24, 2.45) is 34.5 Å². The van der Waals surface area contributed by atoms with Gasteiger partial charge in [-0.3, -0.25) is 4.79 Å². The second kappa shape index (κ2) is 7.38. The van der Waals surface area contributed by atoms with E-state index in [1.54, 1.807) is 6.08 Å². The number of hydrogen-bond acceptors (Lipinski definition) is 4. The maximum atomic E-state index is 15.5. The van der Waals surface area contributed by atoms with E-state index >= 15 is 4.39 Å². The van der Waals surface area contributed by atoms with E-state index in [1.165, 1.54) is 12.2 Å². The molecule has 0 heterocycles. The minimum atomic E-state index is -1.36. The molecule has 0 aliphatic heterocycles. The molecule has 0 amide bonds.